The van der Waals surface area contributed by atoms with E-state index in [0.29, 0.717) is 12.1 Å². The Morgan fingerprint density at radius 2 is 1.76 bits per heavy atom. The van der Waals surface area contributed by atoms with Gasteiger partial charge in [-0.05, 0) is 50.2 Å². The van der Waals surface area contributed by atoms with Crippen LogP contribution in [0.25, 0.3) is 0 Å². The number of sulfonamides is 1. The summed E-state index contributed by atoms with van der Waals surface area (Å²) in [4.78, 5) is 12.1. The van der Waals surface area contributed by atoms with E-state index in [2.05, 4.69) is 10.0 Å². The van der Waals surface area contributed by atoms with Crippen molar-refractivity contribution in [2.75, 3.05) is 12.4 Å². The van der Waals surface area contributed by atoms with Gasteiger partial charge in [0.2, 0.25) is 10.0 Å². The summed E-state index contributed by atoms with van der Waals surface area (Å²) in [5.74, 6) is -2.38. The molecule has 2 rings (SSSR count). The highest BCUT2D eigenvalue weighted by Gasteiger charge is 2.34. The van der Waals surface area contributed by atoms with Crippen molar-refractivity contribution < 1.29 is 35.5 Å². The third kappa shape index (κ3) is 5.45. The van der Waals surface area contributed by atoms with Gasteiger partial charge in [-0.25, -0.2) is 17.5 Å². The molecule has 0 saturated carbocycles. The summed E-state index contributed by atoms with van der Waals surface area (Å²) in [6.45, 7) is 3.21. The molecule has 0 bridgehead atoms. The Morgan fingerprint density at radius 3 is 2.31 bits per heavy atom. The van der Waals surface area contributed by atoms with Crippen molar-refractivity contribution in [2.45, 2.75) is 31.0 Å². The molecule has 0 fully saturated rings. The third-order valence-electron chi connectivity index (χ3n) is 3.64. The molecule has 0 aliphatic rings. The molecular weight excluding hydrogens is 416 g/mol. The Labute approximate surface area is 164 Å². The van der Waals surface area contributed by atoms with E-state index in [-0.39, 0.29) is 21.9 Å². The Bertz CT molecular complexity index is 1020. The van der Waals surface area contributed by atoms with Crippen molar-refractivity contribution in [2.24, 2.45) is 0 Å². The molecule has 1 amide bonds. The number of carbonyl (C=O) groups excluding carboxylic acids is 1. The fourth-order valence-electron chi connectivity index (χ4n) is 2.43. The molecule has 2 aromatic rings. The Hall–Kier alpha value is -2.66. The predicted molar refractivity (Wildman–Crippen MR) is 97.8 cm³/mol. The van der Waals surface area contributed by atoms with Gasteiger partial charge >= 0.3 is 6.18 Å². The van der Waals surface area contributed by atoms with Crippen LogP contribution in [0, 0.1) is 5.82 Å². The quantitative estimate of drug-likeness (QED) is 0.678. The lowest BCUT2D eigenvalue weighted by molar-refractivity contribution is -0.139. The lowest BCUT2D eigenvalue weighted by Gasteiger charge is -2.14. The number of hydrogen-bond donors (Lipinski definition) is 2. The topological polar surface area (TPSA) is 84.5 Å². The second kappa shape index (κ2) is 8.37. The summed E-state index contributed by atoms with van der Waals surface area (Å²) < 4.78 is 84.1. The Morgan fingerprint density at radius 1 is 1.10 bits per heavy atom. The number of ether oxygens (including phenoxy) is 1. The largest absolute Gasteiger partial charge is 0.495 e. The van der Waals surface area contributed by atoms with Crippen molar-refractivity contribution >= 4 is 21.6 Å². The fourth-order valence-corrected chi connectivity index (χ4v) is 3.87. The highest BCUT2D eigenvalue weighted by molar-refractivity contribution is 7.89. The number of carbonyl (C=O) groups is 1. The van der Waals surface area contributed by atoms with Gasteiger partial charge in [-0.1, -0.05) is 0 Å². The van der Waals surface area contributed by atoms with Crippen LogP contribution in [0.5, 0.6) is 5.75 Å². The van der Waals surface area contributed by atoms with Gasteiger partial charge in [-0.15, -0.1) is 0 Å². The molecule has 2 aromatic carbocycles. The molecule has 29 heavy (non-hydrogen) atoms. The molecule has 0 radical (unpaired) electrons. The molecule has 0 spiro atoms. The Kier molecular flexibility index (Phi) is 6.53. The number of halogens is 4. The molecule has 0 aliphatic carbocycles. The zero-order chi connectivity index (χ0) is 22.0. The average Bonchev–Trinajstić information content (AvgIpc) is 2.60. The molecule has 0 saturated heterocycles. The summed E-state index contributed by atoms with van der Waals surface area (Å²) >= 11 is 0. The maximum absolute atomic E-state index is 13.4. The number of benzene rings is 2. The SMILES string of the molecule is COc1ccc(C(=O)Nc2ccc(F)c(C(F)(F)F)c2)cc1S(=O)(=O)NC(C)C. The summed E-state index contributed by atoms with van der Waals surface area (Å²) in [6.07, 6.45) is -4.94. The van der Waals surface area contributed by atoms with Crippen LogP contribution in [0.4, 0.5) is 23.2 Å². The fraction of sp³-hybridized carbons (Fsp3) is 0.278. The van der Waals surface area contributed by atoms with Crippen LogP contribution < -0.4 is 14.8 Å². The van der Waals surface area contributed by atoms with Gasteiger partial charge in [0, 0.05) is 17.3 Å². The molecule has 0 aliphatic heterocycles. The van der Waals surface area contributed by atoms with Crippen LogP contribution in [0.15, 0.2) is 41.3 Å². The number of hydrogen-bond acceptors (Lipinski definition) is 4. The summed E-state index contributed by atoms with van der Waals surface area (Å²) in [7, 11) is -2.77. The molecule has 158 valence electrons. The minimum Gasteiger partial charge on any atom is -0.495 e. The minimum atomic E-state index is -4.94. The van der Waals surface area contributed by atoms with Crippen LogP contribution in [-0.2, 0) is 16.2 Å². The highest BCUT2D eigenvalue weighted by Crippen LogP contribution is 2.33. The molecule has 0 heterocycles. The third-order valence-corrected chi connectivity index (χ3v) is 5.32. The summed E-state index contributed by atoms with van der Waals surface area (Å²) in [5.41, 5.74) is -1.98. The van der Waals surface area contributed by atoms with Crippen molar-refractivity contribution in [1.82, 2.24) is 4.72 Å². The predicted octanol–water partition coefficient (Wildman–Crippen LogP) is 3.79. The van der Waals surface area contributed by atoms with E-state index in [1.807, 2.05) is 0 Å². The summed E-state index contributed by atoms with van der Waals surface area (Å²) in [5, 5.41) is 2.19. The van der Waals surface area contributed by atoms with Crippen LogP contribution in [-0.4, -0.2) is 27.5 Å². The van der Waals surface area contributed by atoms with E-state index in [0.717, 1.165) is 12.1 Å². The lowest BCUT2D eigenvalue weighted by atomic mass is 10.1. The van der Waals surface area contributed by atoms with E-state index < -0.39 is 39.5 Å². The number of anilines is 1. The molecule has 0 aromatic heterocycles. The van der Waals surface area contributed by atoms with Crippen LogP contribution in [0.1, 0.15) is 29.8 Å². The number of alkyl halides is 3. The van der Waals surface area contributed by atoms with E-state index in [1.54, 1.807) is 13.8 Å². The van der Waals surface area contributed by atoms with E-state index >= 15 is 0 Å². The van der Waals surface area contributed by atoms with Crippen molar-refractivity contribution in [3.63, 3.8) is 0 Å². The van der Waals surface area contributed by atoms with Crippen LogP contribution in [0.3, 0.4) is 0 Å². The molecule has 0 unspecified atom stereocenters. The van der Waals surface area contributed by atoms with Gasteiger partial charge < -0.3 is 10.1 Å². The lowest BCUT2D eigenvalue weighted by Crippen LogP contribution is -2.30. The molecule has 0 atom stereocenters. The smallest absolute Gasteiger partial charge is 0.419 e. The number of methoxy groups -OCH3 is 1. The van der Waals surface area contributed by atoms with Gasteiger partial charge in [0.05, 0.1) is 12.7 Å². The molecule has 6 nitrogen and oxygen atoms in total. The first kappa shape index (κ1) is 22.6. The van der Waals surface area contributed by atoms with Gasteiger partial charge in [0.1, 0.15) is 16.5 Å². The van der Waals surface area contributed by atoms with Gasteiger partial charge in [0.25, 0.3) is 5.91 Å². The number of nitrogens with one attached hydrogen (secondary N) is 2. The Balaban J connectivity index is 2.39. The minimum absolute atomic E-state index is 0.0177. The van der Waals surface area contributed by atoms with Crippen molar-refractivity contribution in [1.29, 1.82) is 0 Å². The summed E-state index contributed by atoms with van der Waals surface area (Å²) in [6, 6.07) is 5.09. The maximum Gasteiger partial charge on any atom is 0.419 e. The first-order valence-corrected chi connectivity index (χ1v) is 9.72. The zero-order valence-corrected chi connectivity index (χ0v) is 16.4. The molecule has 11 heteroatoms. The first-order chi connectivity index (χ1) is 13.3. The maximum atomic E-state index is 13.4. The van der Waals surface area contributed by atoms with Crippen molar-refractivity contribution in [3.05, 3.63) is 53.3 Å². The van der Waals surface area contributed by atoms with Crippen LogP contribution >= 0.6 is 0 Å². The normalized spacial score (nSPS) is 12.1. The van der Waals surface area contributed by atoms with Gasteiger partial charge in [-0.3, -0.25) is 4.79 Å². The van der Waals surface area contributed by atoms with Gasteiger partial charge in [-0.2, -0.15) is 13.2 Å². The zero-order valence-electron chi connectivity index (χ0n) is 15.6. The monoisotopic (exact) mass is 434 g/mol. The second-order valence-corrected chi connectivity index (χ2v) is 7.97. The number of amides is 1. The van der Waals surface area contributed by atoms with E-state index in [4.69, 9.17) is 4.74 Å². The van der Waals surface area contributed by atoms with E-state index in [9.17, 15) is 30.8 Å². The van der Waals surface area contributed by atoms with Gasteiger partial charge in [0.15, 0.2) is 0 Å². The van der Waals surface area contributed by atoms with Crippen molar-refractivity contribution in [3.8, 4) is 5.75 Å². The molecule has 2 N–H and O–H groups in total. The average molecular weight is 434 g/mol. The molecular formula is C18H18F4N2O4S. The van der Waals surface area contributed by atoms with E-state index in [1.165, 1.54) is 19.2 Å². The highest BCUT2D eigenvalue weighted by atomic mass is 32.2. The standard InChI is InChI=1S/C18H18F4N2O4S/c1-10(2)24-29(26,27)16-8-11(4-7-15(16)28-3)17(25)23-12-5-6-14(19)13(9-12)18(20,21)22/h4-10,24H,1-3H3,(H,23,25). The second-order valence-electron chi connectivity index (χ2n) is 6.29. The first-order valence-electron chi connectivity index (χ1n) is 8.23. The number of rotatable bonds is 6. The van der Waals surface area contributed by atoms with Crippen LogP contribution in [0.2, 0.25) is 0 Å².